The highest BCUT2D eigenvalue weighted by atomic mass is 16.3. The molecule has 2 N–H and O–H groups in total. The quantitative estimate of drug-likeness (QED) is 0.824. The van der Waals surface area contributed by atoms with Crippen LogP contribution in [0.15, 0.2) is 18.3 Å². The smallest absolute Gasteiger partial charge is 0.270 e. The largest absolute Gasteiger partial charge is 0.388 e. The Labute approximate surface area is 119 Å². The molecule has 106 valence electrons. The Morgan fingerprint density at radius 3 is 2.70 bits per heavy atom. The van der Waals surface area contributed by atoms with E-state index in [1.807, 2.05) is 0 Å². The van der Waals surface area contributed by atoms with Crippen molar-refractivity contribution in [3.63, 3.8) is 0 Å². The summed E-state index contributed by atoms with van der Waals surface area (Å²) in [6.45, 7) is 5.07. The highest BCUT2D eigenvalue weighted by molar-refractivity contribution is 5.92. The van der Waals surface area contributed by atoms with E-state index in [1.54, 1.807) is 39.1 Å². The maximum Gasteiger partial charge on any atom is 0.270 e. The molecule has 1 amide bonds. The van der Waals surface area contributed by atoms with Gasteiger partial charge in [-0.3, -0.25) is 4.79 Å². The van der Waals surface area contributed by atoms with Crippen molar-refractivity contribution < 1.29 is 9.90 Å². The molecule has 1 unspecified atom stereocenters. The second kappa shape index (κ2) is 5.64. The number of carbonyl (C=O) groups excluding carboxylic acids is 1. The van der Waals surface area contributed by atoms with Crippen LogP contribution in [-0.2, 0) is 0 Å². The van der Waals surface area contributed by atoms with Crippen molar-refractivity contribution in [3.05, 3.63) is 29.6 Å². The minimum atomic E-state index is -0.967. The van der Waals surface area contributed by atoms with Crippen molar-refractivity contribution in [2.75, 3.05) is 0 Å². The Morgan fingerprint density at radius 2 is 2.20 bits per heavy atom. The minimum Gasteiger partial charge on any atom is -0.388 e. The monoisotopic (exact) mass is 272 g/mol. The topological polar surface area (TPSA) is 62.2 Å². The number of nitrogens with zero attached hydrogens (tertiary/aromatic N) is 1. The van der Waals surface area contributed by atoms with E-state index in [0.29, 0.717) is 11.6 Å². The zero-order valence-electron chi connectivity index (χ0n) is 12.1. The molecular formula is C16H20N2O2. The van der Waals surface area contributed by atoms with Crippen LogP contribution < -0.4 is 5.32 Å². The van der Waals surface area contributed by atoms with E-state index in [4.69, 9.17) is 0 Å². The predicted octanol–water partition coefficient (Wildman–Crippen LogP) is 1.73. The summed E-state index contributed by atoms with van der Waals surface area (Å²) in [6.07, 6.45) is 3.99. The van der Waals surface area contributed by atoms with E-state index in [9.17, 15) is 9.90 Å². The molecule has 2 rings (SSSR count). The van der Waals surface area contributed by atoms with E-state index in [2.05, 4.69) is 22.1 Å². The summed E-state index contributed by atoms with van der Waals surface area (Å²) in [6, 6.07) is 3.10. The fourth-order valence-corrected chi connectivity index (χ4v) is 1.46. The third-order valence-corrected chi connectivity index (χ3v) is 3.40. The molecule has 20 heavy (non-hydrogen) atoms. The number of carbonyl (C=O) groups is 1. The van der Waals surface area contributed by atoms with Crippen molar-refractivity contribution in [2.24, 2.45) is 5.92 Å². The van der Waals surface area contributed by atoms with Crippen LogP contribution in [0, 0.1) is 17.8 Å². The molecule has 1 atom stereocenters. The van der Waals surface area contributed by atoms with Gasteiger partial charge in [0.2, 0.25) is 0 Å². The van der Waals surface area contributed by atoms with Gasteiger partial charge in [-0.05, 0) is 45.7 Å². The molecule has 1 aliphatic rings. The Morgan fingerprint density at radius 1 is 1.50 bits per heavy atom. The Hall–Kier alpha value is -1.86. The lowest BCUT2D eigenvalue weighted by atomic mass is 10.0. The highest BCUT2D eigenvalue weighted by Gasteiger charge is 2.24. The number of nitrogens with one attached hydrogen (secondary N) is 1. The summed E-state index contributed by atoms with van der Waals surface area (Å²) in [4.78, 5) is 16.1. The molecule has 1 aliphatic carbocycles. The number of aliphatic hydroxyl groups is 1. The Kier molecular flexibility index (Phi) is 4.10. The van der Waals surface area contributed by atoms with Gasteiger partial charge in [-0.15, -0.1) is 0 Å². The standard InChI is InChI=1S/C16H20N2O2/c1-11(16(2,3)20)18-15(19)14-9-8-13(10-17-14)7-6-12-4-5-12/h8-12,20H,4-5H2,1-3H3,(H,18,19). The van der Waals surface area contributed by atoms with Gasteiger partial charge >= 0.3 is 0 Å². The summed E-state index contributed by atoms with van der Waals surface area (Å²) < 4.78 is 0. The molecule has 0 radical (unpaired) electrons. The molecule has 0 saturated heterocycles. The van der Waals surface area contributed by atoms with Crippen molar-refractivity contribution in [2.45, 2.75) is 45.3 Å². The van der Waals surface area contributed by atoms with Crippen LogP contribution in [0.3, 0.4) is 0 Å². The second-order valence-corrected chi connectivity index (χ2v) is 5.82. The van der Waals surface area contributed by atoms with E-state index >= 15 is 0 Å². The first-order chi connectivity index (χ1) is 9.36. The number of hydrogen-bond acceptors (Lipinski definition) is 3. The van der Waals surface area contributed by atoms with Gasteiger partial charge in [0.15, 0.2) is 0 Å². The summed E-state index contributed by atoms with van der Waals surface area (Å²) in [5, 5.41) is 12.5. The van der Waals surface area contributed by atoms with Gasteiger partial charge in [0.25, 0.3) is 5.91 Å². The Balaban J connectivity index is 1.99. The number of aromatic nitrogens is 1. The molecule has 1 saturated carbocycles. The lowest BCUT2D eigenvalue weighted by molar-refractivity contribution is 0.0407. The van der Waals surface area contributed by atoms with Gasteiger partial charge in [-0.25, -0.2) is 4.98 Å². The molecule has 0 spiro atoms. The molecule has 1 fully saturated rings. The van der Waals surface area contributed by atoms with Gasteiger partial charge in [0.1, 0.15) is 5.69 Å². The summed E-state index contributed by atoms with van der Waals surface area (Å²) in [5.74, 6) is 6.46. The SMILES string of the molecule is CC(NC(=O)c1ccc(C#CC2CC2)cn1)C(C)(C)O. The van der Waals surface area contributed by atoms with Crippen molar-refractivity contribution in [3.8, 4) is 11.8 Å². The average Bonchev–Trinajstić information content (AvgIpc) is 3.19. The zero-order valence-corrected chi connectivity index (χ0v) is 12.1. The van der Waals surface area contributed by atoms with E-state index in [-0.39, 0.29) is 11.9 Å². The Bertz CT molecular complexity index is 543. The summed E-state index contributed by atoms with van der Waals surface area (Å²) >= 11 is 0. The van der Waals surface area contributed by atoms with Gasteiger partial charge in [-0.2, -0.15) is 0 Å². The van der Waals surface area contributed by atoms with Crippen molar-refractivity contribution >= 4 is 5.91 Å². The van der Waals surface area contributed by atoms with Crippen LogP contribution in [0.1, 0.15) is 49.7 Å². The summed E-state index contributed by atoms with van der Waals surface area (Å²) in [5.41, 5.74) is 0.188. The number of rotatable bonds is 3. The van der Waals surface area contributed by atoms with Crippen LogP contribution in [0.5, 0.6) is 0 Å². The fraction of sp³-hybridized carbons (Fsp3) is 0.500. The molecule has 4 nitrogen and oxygen atoms in total. The minimum absolute atomic E-state index is 0.290. The molecule has 1 heterocycles. The molecule has 1 aromatic rings. The van der Waals surface area contributed by atoms with Crippen LogP contribution in [0.25, 0.3) is 0 Å². The number of pyridine rings is 1. The lowest BCUT2D eigenvalue weighted by Crippen LogP contribution is -2.47. The van der Waals surface area contributed by atoms with E-state index in [0.717, 1.165) is 5.56 Å². The third-order valence-electron chi connectivity index (χ3n) is 3.40. The van der Waals surface area contributed by atoms with Crippen molar-refractivity contribution in [1.29, 1.82) is 0 Å². The van der Waals surface area contributed by atoms with Crippen LogP contribution in [-0.4, -0.2) is 27.6 Å². The number of amides is 1. The maximum atomic E-state index is 12.0. The molecule has 1 aromatic heterocycles. The van der Waals surface area contributed by atoms with Gasteiger partial charge in [-0.1, -0.05) is 11.8 Å². The fourth-order valence-electron chi connectivity index (χ4n) is 1.46. The average molecular weight is 272 g/mol. The molecule has 4 heteroatoms. The zero-order chi connectivity index (χ0) is 14.8. The second-order valence-electron chi connectivity index (χ2n) is 5.82. The normalized spacial score (nSPS) is 16.0. The first kappa shape index (κ1) is 14.5. The van der Waals surface area contributed by atoms with E-state index < -0.39 is 5.60 Å². The third kappa shape index (κ3) is 4.07. The predicted molar refractivity (Wildman–Crippen MR) is 77.1 cm³/mol. The van der Waals surface area contributed by atoms with Crippen LogP contribution in [0.4, 0.5) is 0 Å². The maximum absolute atomic E-state index is 12.0. The highest BCUT2D eigenvalue weighted by Crippen LogP contribution is 2.27. The van der Waals surface area contributed by atoms with Crippen LogP contribution >= 0.6 is 0 Å². The number of hydrogen-bond donors (Lipinski definition) is 2. The van der Waals surface area contributed by atoms with Gasteiger partial charge in [0, 0.05) is 17.7 Å². The van der Waals surface area contributed by atoms with Gasteiger partial charge in [0.05, 0.1) is 11.6 Å². The molecule has 0 aliphatic heterocycles. The van der Waals surface area contributed by atoms with Crippen LogP contribution in [0.2, 0.25) is 0 Å². The summed E-state index contributed by atoms with van der Waals surface area (Å²) in [7, 11) is 0. The molecule has 0 aromatic carbocycles. The first-order valence-electron chi connectivity index (χ1n) is 6.87. The first-order valence-corrected chi connectivity index (χ1v) is 6.87. The van der Waals surface area contributed by atoms with Gasteiger partial charge < -0.3 is 10.4 Å². The van der Waals surface area contributed by atoms with E-state index in [1.165, 1.54) is 12.8 Å². The lowest BCUT2D eigenvalue weighted by Gasteiger charge is -2.26. The molecule has 0 bridgehead atoms. The van der Waals surface area contributed by atoms with Crippen molar-refractivity contribution in [1.82, 2.24) is 10.3 Å². The molecular weight excluding hydrogens is 252 g/mol.